The van der Waals surface area contributed by atoms with Gasteiger partial charge in [-0.1, -0.05) is 26.0 Å². The summed E-state index contributed by atoms with van der Waals surface area (Å²) in [6.07, 6.45) is 8.38. The van der Waals surface area contributed by atoms with E-state index in [-0.39, 0.29) is 5.92 Å². The number of nitrogens with zero attached hydrogens (tertiary/aromatic N) is 4. The van der Waals surface area contributed by atoms with E-state index < -0.39 is 5.97 Å². The second-order valence-electron chi connectivity index (χ2n) is 10.5. The number of benzene rings is 1. The van der Waals surface area contributed by atoms with Gasteiger partial charge < -0.3 is 9.84 Å². The van der Waals surface area contributed by atoms with E-state index in [0.29, 0.717) is 30.9 Å². The maximum absolute atomic E-state index is 11.1. The van der Waals surface area contributed by atoms with Gasteiger partial charge in [0.1, 0.15) is 5.75 Å². The molecule has 1 saturated carbocycles. The van der Waals surface area contributed by atoms with E-state index in [0.717, 1.165) is 49.0 Å². The molecule has 1 aromatic carbocycles. The van der Waals surface area contributed by atoms with Crippen LogP contribution in [0, 0.1) is 17.3 Å². The Labute approximate surface area is 190 Å². The molecule has 1 N–H and O–H groups in total. The van der Waals surface area contributed by atoms with Crippen molar-refractivity contribution in [3.63, 3.8) is 0 Å². The van der Waals surface area contributed by atoms with E-state index in [9.17, 15) is 4.79 Å². The lowest BCUT2D eigenvalue weighted by molar-refractivity contribution is -0.143. The van der Waals surface area contributed by atoms with Crippen molar-refractivity contribution in [2.45, 2.75) is 71.9 Å². The predicted octanol–water partition coefficient (Wildman–Crippen LogP) is 4.55. The van der Waals surface area contributed by atoms with E-state index in [1.54, 1.807) is 4.68 Å². The first kappa shape index (κ1) is 22.8. The third kappa shape index (κ3) is 5.68. The maximum Gasteiger partial charge on any atom is 0.306 e. The average molecular weight is 441 g/mol. The number of piperidine rings is 1. The smallest absolute Gasteiger partial charge is 0.306 e. The highest BCUT2D eigenvalue weighted by atomic mass is 16.5. The number of likely N-dealkylation sites (tertiary alicyclic amines) is 1. The van der Waals surface area contributed by atoms with Gasteiger partial charge in [-0.05, 0) is 87.2 Å². The Morgan fingerprint density at radius 3 is 2.31 bits per heavy atom. The molecule has 7 nitrogen and oxygen atoms in total. The minimum atomic E-state index is -0.680. The number of hydrogen-bond donors (Lipinski definition) is 1. The van der Waals surface area contributed by atoms with Crippen LogP contribution in [0.25, 0.3) is 5.69 Å². The molecule has 1 saturated heterocycles. The van der Waals surface area contributed by atoms with Crippen LogP contribution in [0.15, 0.2) is 30.5 Å². The monoisotopic (exact) mass is 440 g/mol. The normalized spacial score (nSPS) is 23.2. The number of ether oxygens (including phenoxy) is 1. The zero-order valence-corrected chi connectivity index (χ0v) is 19.5. The number of carbonyl (C=O) groups is 1. The van der Waals surface area contributed by atoms with Crippen molar-refractivity contribution in [3.8, 4) is 11.4 Å². The Hall–Kier alpha value is -2.41. The van der Waals surface area contributed by atoms with E-state index in [2.05, 4.69) is 36.0 Å². The van der Waals surface area contributed by atoms with Gasteiger partial charge in [0.25, 0.3) is 0 Å². The highest BCUT2D eigenvalue weighted by molar-refractivity contribution is 5.70. The largest absolute Gasteiger partial charge is 0.490 e. The summed E-state index contributed by atoms with van der Waals surface area (Å²) in [7, 11) is 0. The minimum Gasteiger partial charge on any atom is -0.490 e. The van der Waals surface area contributed by atoms with Gasteiger partial charge in [-0.15, -0.1) is 5.10 Å². The zero-order chi connectivity index (χ0) is 22.7. The van der Waals surface area contributed by atoms with Crippen LogP contribution in [0.4, 0.5) is 0 Å². The minimum absolute atomic E-state index is 0.212. The van der Waals surface area contributed by atoms with Crippen molar-refractivity contribution in [2.24, 2.45) is 17.3 Å². The van der Waals surface area contributed by atoms with Crippen LogP contribution in [0.5, 0.6) is 5.75 Å². The molecule has 1 aliphatic heterocycles. The van der Waals surface area contributed by atoms with Gasteiger partial charge in [-0.3, -0.25) is 9.69 Å². The quantitative estimate of drug-likeness (QED) is 0.710. The summed E-state index contributed by atoms with van der Waals surface area (Å²) in [5.74, 6) is 0.807. The molecule has 2 fully saturated rings. The molecule has 2 aliphatic rings. The summed E-state index contributed by atoms with van der Waals surface area (Å²) in [6, 6.07) is 8.08. The average Bonchev–Trinajstić information content (AvgIpc) is 3.23. The van der Waals surface area contributed by atoms with Gasteiger partial charge in [0, 0.05) is 6.54 Å². The van der Waals surface area contributed by atoms with Crippen molar-refractivity contribution < 1.29 is 14.6 Å². The van der Waals surface area contributed by atoms with Gasteiger partial charge in [0.05, 0.1) is 29.6 Å². The molecule has 174 valence electrons. The van der Waals surface area contributed by atoms with E-state index >= 15 is 0 Å². The highest BCUT2D eigenvalue weighted by Crippen LogP contribution is 2.38. The number of hydrogen-bond acceptors (Lipinski definition) is 5. The van der Waals surface area contributed by atoms with Crippen LogP contribution in [0.2, 0.25) is 0 Å². The fourth-order valence-corrected chi connectivity index (χ4v) is 4.98. The predicted molar refractivity (Wildman–Crippen MR) is 123 cm³/mol. The van der Waals surface area contributed by atoms with E-state index in [1.165, 1.54) is 12.8 Å². The fourth-order valence-electron chi connectivity index (χ4n) is 4.98. The van der Waals surface area contributed by atoms with Gasteiger partial charge >= 0.3 is 5.97 Å². The van der Waals surface area contributed by atoms with Gasteiger partial charge in [0.2, 0.25) is 0 Å². The van der Waals surface area contributed by atoms with E-state index in [4.69, 9.17) is 9.84 Å². The molecule has 0 unspecified atom stereocenters. The topological polar surface area (TPSA) is 80.5 Å². The highest BCUT2D eigenvalue weighted by Gasteiger charge is 2.30. The molecule has 0 atom stereocenters. The lowest BCUT2D eigenvalue weighted by Crippen LogP contribution is -2.35. The number of aromatic nitrogens is 3. The van der Waals surface area contributed by atoms with Crippen molar-refractivity contribution in [1.29, 1.82) is 0 Å². The first-order valence-corrected chi connectivity index (χ1v) is 11.9. The summed E-state index contributed by atoms with van der Waals surface area (Å²) in [5, 5.41) is 17.7. The number of carboxylic acids is 1. The summed E-state index contributed by atoms with van der Waals surface area (Å²) < 4.78 is 8.03. The second kappa shape index (κ2) is 9.61. The van der Waals surface area contributed by atoms with Crippen molar-refractivity contribution in [3.05, 3.63) is 36.2 Å². The van der Waals surface area contributed by atoms with Crippen LogP contribution in [-0.2, 0) is 11.3 Å². The van der Waals surface area contributed by atoms with Crippen LogP contribution < -0.4 is 4.74 Å². The summed E-state index contributed by atoms with van der Waals surface area (Å²) in [6.45, 7) is 9.29. The molecule has 1 aliphatic carbocycles. The van der Waals surface area contributed by atoms with Gasteiger partial charge in [0.15, 0.2) is 0 Å². The molecule has 4 rings (SSSR count). The zero-order valence-electron chi connectivity index (χ0n) is 19.5. The molecule has 2 aromatic rings. The third-order valence-corrected chi connectivity index (χ3v) is 7.17. The maximum atomic E-state index is 11.1. The molecule has 0 radical (unpaired) electrons. The Balaban J connectivity index is 1.28. The van der Waals surface area contributed by atoms with Crippen LogP contribution in [0.3, 0.4) is 0 Å². The Kier molecular flexibility index (Phi) is 6.84. The fraction of sp³-hybridized carbons (Fsp3) is 0.640. The molecular formula is C25H36N4O3. The van der Waals surface area contributed by atoms with Gasteiger partial charge in [-0.2, -0.15) is 0 Å². The number of carboxylic acid groups (broad SMARTS) is 1. The second-order valence-corrected chi connectivity index (χ2v) is 10.5. The van der Waals surface area contributed by atoms with E-state index in [1.807, 2.05) is 30.5 Å². The standard InChI is InChI=1S/C25H36N4O3/c1-25(2,3)19-4-8-22(9-5-19)32-23-10-6-21(7-11-23)29-17-20(26-27-29)16-28-14-12-18(13-15-28)24(30)31/h6-7,10-11,17-19,22H,4-5,8-9,12-16H2,1-3H3,(H,30,31)/t19-,22-. The molecule has 0 bridgehead atoms. The molecule has 0 amide bonds. The number of rotatable bonds is 6. The summed E-state index contributed by atoms with van der Waals surface area (Å²) in [5.41, 5.74) is 2.24. The van der Waals surface area contributed by atoms with Gasteiger partial charge in [-0.25, -0.2) is 4.68 Å². The lowest BCUT2D eigenvalue weighted by Gasteiger charge is -2.36. The van der Waals surface area contributed by atoms with Crippen molar-refractivity contribution >= 4 is 5.97 Å². The first-order chi connectivity index (χ1) is 15.3. The molecule has 0 spiro atoms. The van der Waals surface area contributed by atoms with Crippen LogP contribution >= 0.6 is 0 Å². The molecule has 2 heterocycles. The van der Waals surface area contributed by atoms with Crippen molar-refractivity contribution in [2.75, 3.05) is 13.1 Å². The Bertz CT molecular complexity index is 887. The molecule has 7 heteroatoms. The number of aliphatic carboxylic acids is 1. The third-order valence-electron chi connectivity index (χ3n) is 7.17. The molecular weight excluding hydrogens is 404 g/mol. The Morgan fingerprint density at radius 2 is 1.72 bits per heavy atom. The molecule has 1 aromatic heterocycles. The first-order valence-electron chi connectivity index (χ1n) is 11.9. The van der Waals surface area contributed by atoms with Crippen LogP contribution in [-0.4, -0.2) is 50.2 Å². The Morgan fingerprint density at radius 1 is 1.06 bits per heavy atom. The van der Waals surface area contributed by atoms with Crippen molar-refractivity contribution in [1.82, 2.24) is 19.9 Å². The summed E-state index contributed by atoms with van der Waals surface area (Å²) in [4.78, 5) is 13.4. The SMILES string of the molecule is CC(C)(C)[C@H]1CC[C@H](Oc2ccc(-n3cc(CN4CCC(C(=O)O)CC4)nn3)cc2)CC1. The lowest BCUT2D eigenvalue weighted by atomic mass is 9.72. The summed E-state index contributed by atoms with van der Waals surface area (Å²) >= 11 is 0. The molecule has 32 heavy (non-hydrogen) atoms. The van der Waals surface area contributed by atoms with Crippen LogP contribution in [0.1, 0.15) is 65.0 Å².